The predicted octanol–water partition coefficient (Wildman–Crippen LogP) is 2.31. The Bertz CT molecular complexity index is 904. The molecule has 3 amide bonds. The number of imide groups is 1. The van der Waals surface area contributed by atoms with Gasteiger partial charge in [0.25, 0.3) is 5.91 Å². The second-order valence-corrected chi connectivity index (χ2v) is 7.20. The molecule has 0 aromatic heterocycles. The third kappa shape index (κ3) is 3.27. The average molecular weight is 403 g/mol. The normalized spacial score (nSPS) is 21.9. The van der Waals surface area contributed by atoms with Crippen molar-refractivity contribution in [1.82, 2.24) is 10.2 Å². The van der Waals surface area contributed by atoms with Crippen LogP contribution in [0.1, 0.15) is 12.0 Å². The van der Waals surface area contributed by atoms with E-state index in [1.165, 1.54) is 0 Å². The van der Waals surface area contributed by atoms with Crippen LogP contribution in [0.15, 0.2) is 48.5 Å². The van der Waals surface area contributed by atoms with Crippen LogP contribution in [0.4, 0.5) is 4.79 Å². The lowest BCUT2D eigenvalue weighted by molar-refractivity contribution is -0.133. The summed E-state index contributed by atoms with van der Waals surface area (Å²) in [7, 11) is 0. The number of nitrogens with zero attached hydrogens (tertiary/aromatic N) is 1. The first-order valence-electron chi connectivity index (χ1n) is 8.92. The van der Waals surface area contributed by atoms with Crippen molar-refractivity contribution in [3.8, 4) is 11.5 Å². The summed E-state index contributed by atoms with van der Waals surface area (Å²) in [5.74, 6) is 0.727. The first kappa shape index (κ1) is 18.6. The van der Waals surface area contributed by atoms with Crippen LogP contribution in [0.3, 0.4) is 0 Å². The number of benzene rings is 2. The molecule has 2 aromatic rings. The molecular formula is C20H19ClN2O5. The van der Waals surface area contributed by atoms with Gasteiger partial charge in [-0.2, -0.15) is 0 Å². The Morgan fingerprint density at radius 2 is 1.96 bits per heavy atom. The van der Waals surface area contributed by atoms with E-state index in [9.17, 15) is 14.7 Å². The van der Waals surface area contributed by atoms with E-state index < -0.39 is 23.6 Å². The first-order valence-corrected chi connectivity index (χ1v) is 9.30. The quantitative estimate of drug-likeness (QED) is 0.749. The summed E-state index contributed by atoms with van der Waals surface area (Å²) in [5.41, 5.74) is -0.517. The molecule has 2 heterocycles. The monoisotopic (exact) mass is 402 g/mol. The number of β-amino-alcohol motifs (C(OH)–C–C–N with tert-alkyl or cyclic N) is 1. The van der Waals surface area contributed by atoms with Gasteiger partial charge in [0.1, 0.15) is 24.2 Å². The standard InChI is InChI=1S/C20H19ClN2O5/c21-13-5-7-15(8-6-13)28-12-14(24)11-23-18(25)20(22-19(23)26)9-10-27-17-4-2-1-3-16(17)20/h1-8,14,24H,9-12H2,(H,22,26). The van der Waals surface area contributed by atoms with Crippen molar-refractivity contribution in [3.63, 3.8) is 0 Å². The number of hydrogen-bond donors (Lipinski definition) is 2. The molecule has 28 heavy (non-hydrogen) atoms. The molecule has 2 unspecified atom stereocenters. The number of ether oxygens (including phenoxy) is 2. The molecule has 146 valence electrons. The van der Waals surface area contributed by atoms with Gasteiger partial charge in [-0.25, -0.2) is 4.79 Å². The molecule has 2 aliphatic heterocycles. The molecule has 0 bridgehead atoms. The van der Waals surface area contributed by atoms with E-state index in [4.69, 9.17) is 21.1 Å². The molecule has 4 rings (SSSR count). The van der Waals surface area contributed by atoms with Crippen LogP contribution in [0, 0.1) is 0 Å². The fourth-order valence-electron chi connectivity index (χ4n) is 3.52. The van der Waals surface area contributed by atoms with Crippen LogP contribution >= 0.6 is 11.6 Å². The second kappa shape index (κ2) is 7.33. The summed E-state index contributed by atoms with van der Waals surface area (Å²) >= 11 is 5.82. The SMILES string of the molecule is O=C1NC2(CCOc3ccccc32)C(=O)N1CC(O)COc1ccc(Cl)cc1. The van der Waals surface area contributed by atoms with Gasteiger partial charge in [0.2, 0.25) is 0 Å². The lowest BCUT2D eigenvalue weighted by atomic mass is 9.84. The van der Waals surface area contributed by atoms with E-state index in [2.05, 4.69) is 5.32 Å². The average Bonchev–Trinajstić information content (AvgIpc) is 2.93. The van der Waals surface area contributed by atoms with Crippen molar-refractivity contribution in [2.24, 2.45) is 0 Å². The number of rotatable bonds is 5. The third-order valence-corrected chi connectivity index (χ3v) is 5.16. The van der Waals surface area contributed by atoms with Crippen molar-refractivity contribution in [2.45, 2.75) is 18.1 Å². The Morgan fingerprint density at radius 3 is 2.75 bits per heavy atom. The van der Waals surface area contributed by atoms with E-state index in [1.54, 1.807) is 42.5 Å². The minimum Gasteiger partial charge on any atom is -0.493 e. The molecule has 2 atom stereocenters. The zero-order chi connectivity index (χ0) is 19.7. The highest BCUT2D eigenvalue weighted by atomic mass is 35.5. The van der Waals surface area contributed by atoms with Gasteiger partial charge in [0, 0.05) is 17.0 Å². The van der Waals surface area contributed by atoms with Crippen molar-refractivity contribution >= 4 is 23.5 Å². The van der Waals surface area contributed by atoms with Crippen LogP contribution in [-0.2, 0) is 10.3 Å². The van der Waals surface area contributed by atoms with E-state index in [1.807, 2.05) is 6.07 Å². The van der Waals surface area contributed by atoms with Gasteiger partial charge < -0.3 is 19.9 Å². The Labute approximate surface area is 166 Å². The highest BCUT2D eigenvalue weighted by Gasteiger charge is 2.55. The van der Waals surface area contributed by atoms with Crippen LogP contribution in [-0.4, -0.2) is 47.8 Å². The minimum absolute atomic E-state index is 0.0641. The fraction of sp³-hybridized carbons (Fsp3) is 0.300. The summed E-state index contributed by atoms with van der Waals surface area (Å²) in [6.07, 6.45) is -0.696. The second-order valence-electron chi connectivity index (χ2n) is 6.76. The van der Waals surface area contributed by atoms with Gasteiger partial charge in [0.05, 0.1) is 13.2 Å². The molecular weight excluding hydrogens is 384 g/mol. The van der Waals surface area contributed by atoms with Crippen LogP contribution in [0.5, 0.6) is 11.5 Å². The maximum atomic E-state index is 13.1. The Kier molecular flexibility index (Phi) is 4.87. The number of hydrogen-bond acceptors (Lipinski definition) is 5. The number of aliphatic hydroxyl groups is 1. The molecule has 2 aliphatic rings. The molecule has 0 aliphatic carbocycles. The number of nitrogens with one attached hydrogen (secondary N) is 1. The fourth-order valence-corrected chi connectivity index (χ4v) is 3.65. The molecule has 0 radical (unpaired) electrons. The Hall–Kier alpha value is -2.77. The number of carbonyl (C=O) groups excluding carboxylic acids is 2. The highest BCUT2D eigenvalue weighted by molar-refractivity contribution is 6.30. The van der Waals surface area contributed by atoms with Crippen molar-refractivity contribution in [1.29, 1.82) is 0 Å². The first-order chi connectivity index (χ1) is 13.5. The third-order valence-electron chi connectivity index (χ3n) is 4.91. The zero-order valence-electron chi connectivity index (χ0n) is 14.9. The van der Waals surface area contributed by atoms with Crippen LogP contribution in [0.25, 0.3) is 0 Å². The lowest BCUT2D eigenvalue weighted by Crippen LogP contribution is -2.48. The van der Waals surface area contributed by atoms with Gasteiger partial charge >= 0.3 is 6.03 Å². The van der Waals surface area contributed by atoms with Gasteiger partial charge in [0.15, 0.2) is 5.54 Å². The maximum absolute atomic E-state index is 13.1. The van der Waals surface area contributed by atoms with Crippen LogP contribution < -0.4 is 14.8 Å². The van der Waals surface area contributed by atoms with Gasteiger partial charge in [-0.1, -0.05) is 29.8 Å². The number of urea groups is 1. The summed E-state index contributed by atoms with van der Waals surface area (Å²) in [4.78, 5) is 26.7. The molecule has 1 saturated heterocycles. The molecule has 1 spiro atoms. The zero-order valence-corrected chi connectivity index (χ0v) is 15.7. The smallest absolute Gasteiger partial charge is 0.325 e. The molecule has 2 N–H and O–H groups in total. The van der Waals surface area contributed by atoms with E-state index in [0.717, 1.165) is 4.90 Å². The van der Waals surface area contributed by atoms with E-state index in [-0.39, 0.29) is 13.2 Å². The van der Waals surface area contributed by atoms with Gasteiger partial charge in [-0.3, -0.25) is 9.69 Å². The number of carbonyl (C=O) groups is 2. The van der Waals surface area contributed by atoms with Crippen molar-refractivity contribution in [3.05, 3.63) is 59.1 Å². The lowest BCUT2D eigenvalue weighted by Gasteiger charge is -2.33. The van der Waals surface area contributed by atoms with E-state index in [0.29, 0.717) is 35.1 Å². The Morgan fingerprint density at radius 1 is 1.21 bits per heavy atom. The molecule has 7 nitrogen and oxygen atoms in total. The van der Waals surface area contributed by atoms with Crippen LogP contribution in [0.2, 0.25) is 5.02 Å². The minimum atomic E-state index is -1.15. The molecule has 0 saturated carbocycles. The number of halogens is 1. The largest absolute Gasteiger partial charge is 0.493 e. The number of amides is 3. The summed E-state index contributed by atoms with van der Waals surface area (Å²) in [6, 6.07) is 13.3. The molecule has 2 aromatic carbocycles. The summed E-state index contributed by atoms with van der Waals surface area (Å²) in [6.45, 7) is 0.0908. The van der Waals surface area contributed by atoms with Gasteiger partial charge in [-0.05, 0) is 30.3 Å². The number of aliphatic hydroxyl groups excluding tert-OH is 1. The van der Waals surface area contributed by atoms with Crippen molar-refractivity contribution in [2.75, 3.05) is 19.8 Å². The Balaban J connectivity index is 1.45. The predicted molar refractivity (Wildman–Crippen MR) is 101 cm³/mol. The number of para-hydroxylation sites is 1. The summed E-state index contributed by atoms with van der Waals surface area (Å²) in [5, 5.41) is 13.7. The summed E-state index contributed by atoms with van der Waals surface area (Å²) < 4.78 is 11.1. The van der Waals surface area contributed by atoms with Crippen molar-refractivity contribution < 1.29 is 24.2 Å². The van der Waals surface area contributed by atoms with Gasteiger partial charge in [-0.15, -0.1) is 0 Å². The number of fused-ring (bicyclic) bond motifs is 2. The highest BCUT2D eigenvalue weighted by Crippen LogP contribution is 2.40. The molecule has 8 heteroatoms. The maximum Gasteiger partial charge on any atom is 0.325 e. The van der Waals surface area contributed by atoms with E-state index >= 15 is 0 Å². The molecule has 1 fully saturated rings. The topological polar surface area (TPSA) is 88.1 Å².